The lowest BCUT2D eigenvalue weighted by Crippen LogP contribution is -2.38. The summed E-state index contributed by atoms with van der Waals surface area (Å²) >= 11 is 14.5. The maximum Gasteiger partial charge on any atom is 0.410 e. The predicted molar refractivity (Wildman–Crippen MR) is 142 cm³/mol. The second-order valence-corrected chi connectivity index (χ2v) is 13.0. The minimum absolute atomic E-state index is 0.0267. The molecule has 6 nitrogen and oxygen atoms in total. The van der Waals surface area contributed by atoms with Crippen molar-refractivity contribution in [3.63, 3.8) is 0 Å². The van der Waals surface area contributed by atoms with Gasteiger partial charge in [0, 0.05) is 16.5 Å². The van der Waals surface area contributed by atoms with Gasteiger partial charge >= 0.3 is 6.09 Å². The third kappa shape index (κ3) is 6.46. The molecule has 180 valence electrons. The van der Waals surface area contributed by atoms with E-state index < -0.39 is 21.7 Å². The number of hydrogen-bond donors (Lipinski definition) is 1. The summed E-state index contributed by atoms with van der Waals surface area (Å²) in [6.07, 6.45) is 2.14. The smallest absolute Gasteiger partial charge is 0.410 e. The molecule has 0 heterocycles. The number of halogens is 3. The van der Waals surface area contributed by atoms with Gasteiger partial charge in [0.1, 0.15) is 5.60 Å². The summed E-state index contributed by atoms with van der Waals surface area (Å²) in [5, 5.41) is 0.968. The van der Waals surface area contributed by atoms with E-state index in [1.165, 1.54) is 0 Å². The van der Waals surface area contributed by atoms with E-state index in [0.717, 1.165) is 32.9 Å². The summed E-state index contributed by atoms with van der Waals surface area (Å²) in [7, 11) is -1.76. The van der Waals surface area contributed by atoms with E-state index in [9.17, 15) is 13.2 Å². The fourth-order valence-corrected chi connectivity index (χ4v) is 5.73. The molecule has 0 aliphatic heterocycles. The third-order valence-electron chi connectivity index (χ3n) is 5.43. The molecule has 3 rings (SSSR count). The van der Waals surface area contributed by atoms with Crippen LogP contribution in [0.2, 0.25) is 10.0 Å². The van der Waals surface area contributed by atoms with Gasteiger partial charge in [-0.15, -0.1) is 0 Å². The molecule has 1 aliphatic carbocycles. The summed E-state index contributed by atoms with van der Waals surface area (Å²) in [4.78, 5) is 14.4. The van der Waals surface area contributed by atoms with Gasteiger partial charge in [0.15, 0.2) is 0 Å². The zero-order chi connectivity index (χ0) is 24.7. The van der Waals surface area contributed by atoms with Crippen LogP contribution in [0.15, 0.2) is 30.3 Å². The molecule has 1 aliphatic rings. The number of benzene rings is 2. The Kier molecular flexibility index (Phi) is 7.83. The van der Waals surface area contributed by atoms with E-state index in [-0.39, 0.29) is 12.0 Å². The highest BCUT2D eigenvalue weighted by Crippen LogP contribution is 2.46. The molecule has 2 aromatic rings. The second-order valence-electron chi connectivity index (χ2n) is 9.25. The number of anilines is 1. The molecule has 0 saturated carbocycles. The van der Waals surface area contributed by atoms with Crippen molar-refractivity contribution in [2.45, 2.75) is 51.2 Å². The average molecular weight is 625 g/mol. The number of sulfonamides is 1. The molecule has 33 heavy (non-hydrogen) atoms. The van der Waals surface area contributed by atoms with Crippen LogP contribution in [0.1, 0.15) is 62.3 Å². The number of rotatable bonds is 4. The maximum absolute atomic E-state index is 12.8. The molecule has 1 unspecified atom stereocenters. The van der Waals surface area contributed by atoms with E-state index in [0.29, 0.717) is 22.2 Å². The Hall–Kier alpha value is -1.23. The Morgan fingerprint density at radius 1 is 1.12 bits per heavy atom. The molecule has 10 heteroatoms. The van der Waals surface area contributed by atoms with Crippen molar-refractivity contribution < 1.29 is 17.9 Å². The van der Waals surface area contributed by atoms with Crippen LogP contribution in [0, 0.1) is 3.57 Å². The Labute approximate surface area is 219 Å². The van der Waals surface area contributed by atoms with Crippen LogP contribution in [-0.2, 0) is 14.8 Å². The molecule has 0 aromatic heterocycles. The minimum atomic E-state index is -3.47. The second kappa shape index (κ2) is 9.79. The largest absolute Gasteiger partial charge is 0.444 e. The Balaban J connectivity index is 2.11. The van der Waals surface area contributed by atoms with Crippen molar-refractivity contribution in [3.05, 3.63) is 60.6 Å². The molecular formula is C23H27Cl2IN2O4S. The average Bonchev–Trinajstić information content (AvgIpc) is 2.67. The number of carbonyl (C=O) groups is 1. The van der Waals surface area contributed by atoms with Gasteiger partial charge in [0.05, 0.1) is 28.0 Å². The number of fused-ring (bicyclic) bond motifs is 1. The van der Waals surface area contributed by atoms with E-state index in [1.54, 1.807) is 18.0 Å². The highest BCUT2D eigenvalue weighted by Gasteiger charge is 2.35. The Bertz CT molecular complexity index is 1180. The van der Waals surface area contributed by atoms with Crippen LogP contribution >= 0.6 is 45.8 Å². The van der Waals surface area contributed by atoms with Crippen LogP contribution in [0.4, 0.5) is 10.5 Å². The number of amides is 1. The summed E-state index contributed by atoms with van der Waals surface area (Å²) in [6.45, 7) is 5.47. The fourth-order valence-electron chi connectivity index (χ4n) is 4.05. The highest BCUT2D eigenvalue weighted by molar-refractivity contribution is 14.1. The normalized spacial score (nSPS) is 18.4. The first kappa shape index (κ1) is 26.4. The van der Waals surface area contributed by atoms with Crippen molar-refractivity contribution in [2.75, 3.05) is 18.0 Å². The van der Waals surface area contributed by atoms with Crippen molar-refractivity contribution >= 4 is 67.6 Å². The Morgan fingerprint density at radius 3 is 2.36 bits per heavy atom. The van der Waals surface area contributed by atoms with Crippen LogP contribution in [0.3, 0.4) is 0 Å². The van der Waals surface area contributed by atoms with Gasteiger partial charge in [-0.3, -0.25) is 4.72 Å². The molecule has 0 bridgehead atoms. The summed E-state index contributed by atoms with van der Waals surface area (Å²) in [5.74, 6) is 0.0267. The van der Waals surface area contributed by atoms with Crippen molar-refractivity contribution in [3.8, 4) is 0 Å². The summed E-state index contributed by atoms with van der Waals surface area (Å²) < 4.78 is 32.8. The quantitative estimate of drug-likeness (QED) is 0.380. The van der Waals surface area contributed by atoms with Gasteiger partial charge in [-0.05, 0) is 97.2 Å². The Morgan fingerprint density at radius 2 is 1.79 bits per heavy atom. The van der Waals surface area contributed by atoms with Gasteiger partial charge in [0.2, 0.25) is 10.0 Å². The molecular weight excluding hydrogens is 598 g/mol. The number of nitrogens with zero attached hydrogens (tertiary/aromatic N) is 1. The molecule has 1 N–H and O–H groups in total. The third-order valence-corrected chi connectivity index (χ3v) is 7.65. The van der Waals surface area contributed by atoms with Gasteiger partial charge in [0.25, 0.3) is 0 Å². The SMILES string of the molecule is CN(C(=O)OC(C)(C)C)[C@H]1CCC(c2ccc(Cl)c(Cl)c2)c2cc(I)c(NS(C)(=O)=O)cc21. The lowest BCUT2D eigenvalue weighted by atomic mass is 9.76. The molecule has 0 fully saturated rings. The van der Waals surface area contributed by atoms with E-state index >= 15 is 0 Å². The van der Waals surface area contributed by atoms with Crippen LogP contribution in [0.25, 0.3) is 0 Å². The number of carbonyl (C=O) groups excluding carboxylic acids is 1. The van der Waals surface area contributed by atoms with Crippen LogP contribution in [-0.4, -0.2) is 38.3 Å². The predicted octanol–water partition coefficient (Wildman–Crippen LogP) is 6.80. The van der Waals surface area contributed by atoms with Crippen LogP contribution in [0.5, 0.6) is 0 Å². The van der Waals surface area contributed by atoms with Gasteiger partial charge in [-0.2, -0.15) is 0 Å². The number of hydrogen-bond acceptors (Lipinski definition) is 4. The van der Waals surface area contributed by atoms with Crippen molar-refractivity contribution in [1.82, 2.24) is 4.90 Å². The molecule has 2 atom stereocenters. The van der Waals surface area contributed by atoms with Crippen LogP contribution < -0.4 is 4.72 Å². The number of nitrogens with one attached hydrogen (secondary N) is 1. The summed E-state index contributed by atoms with van der Waals surface area (Å²) in [5.41, 5.74) is 2.76. The molecule has 0 saturated heterocycles. The zero-order valence-electron chi connectivity index (χ0n) is 19.1. The molecule has 0 radical (unpaired) electrons. The fraction of sp³-hybridized carbons (Fsp3) is 0.435. The topological polar surface area (TPSA) is 75.7 Å². The molecule has 1 amide bonds. The first-order valence-electron chi connectivity index (χ1n) is 10.4. The highest BCUT2D eigenvalue weighted by atomic mass is 127. The zero-order valence-corrected chi connectivity index (χ0v) is 23.6. The molecule has 0 spiro atoms. The van der Waals surface area contributed by atoms with Gasteiger partial charge < -0.3 is 9.64 Å². The van der Waals surface area contributed by atoms with E-state index in [4.69, 9.17) is 27.9 Å². The lowest BCUT2D eigenvalue weighted by Gasteiger charge is -2.38. The first-order valence-corrected chi connectivity index (χ1v) is 14.1. The van der Waals surface area contributed by atoms with E-state index in [1.807, 2.05) is 45.0 Å². The molecule has 2 aromatic carbocycles. The van der Waals surface area contributed by atoms with Gasteiger partial charge in [-0.25, -0.2) is 13.2 Å². The van der Waals surface area contributed by atoms with Crippen molar-refractivity contribution in [2.24, 2.45) is 0 Å². The monoisotopic (exact) mass is 624 g/mol. The van der Waals surface area contributed by atoms with E-state index in [2.05, 4.69) is 27.3 Å². The minimum Gasteiger partial charge on any atom is -0.444 e. The van der Waals surface area contributed by atoms with Gasteiger partial charge in [-0.1, -0.05) is 29.3 Å². The van der Waals surface area contributed by atoms with Crippen molar-refractivity contribution in [1.29, 1.82) is 0 Å². The lowest BCUT2D eigenvalue weighted by molar-refractivity contribution is 0.0202. The number of ether oxygens (including phenoxy) is 1. The maximum atomic E-state index is 12.8. The standard InChI is InChI=1S/C23H27Cl2IN2O4S/c1-23(2,3)32-22(29)28(4)21-9-7-14(13-6-8-17(24)18(25)10-13)15-11-19(26)20(12-16(15)21)27-33(5,30)31/h6,8,10-12,14,21,27H,7,9H2,1-5H3/t14?,21-/m0/s1. The first-order chi connectivity index (χ1) is 15.2. The summed E-state index contributed by atoms with van der Waals surface area (Å²) in [6, 6.07) is 9.13.